The Kier molecular flexibility index (Phi) is 8.40. The van der Waals surface area contributed by atoms with Gasteiger partial charge < -0.3 is 14.5 Å². The second-order valence-electron chi connectivity index (χ2n) is 10.4. The van der Waals surface area contributed by atoms with Crippen LogP contribution in [0.25, 0.3) is 6.08 Å². The average Bonchev–Trinajstić information content (AvgIpc) is 2.97. The predicted molar refractivity (Wildman–Crippen MR) is 159 cm³/mol. The minimum Gasteiger partial charge on any atom is -0.466 e. The maximum absolute atomic E-state index is 13.7. The minimum atomic E-state index is -0.273. The number of ether oxygens (including phenoxy) is 1. The molecule has 0 saturated carbocycles. The normalized spacial score (nSPS) is 18.0. The quantitative estimate of drug-likeness (QED) is 0.261. The van der Waals surface area contributed by atoms with Crippen molar-refractivity contribution in [1.82, 2.24) is 4.90 Å². The molecule has 0 radical (unpaired) electrons. The van der Waals surface area contributed by atoms with Crippen molar-refractivity contribution in [2.24, 2.45) is 5.92 Å². The molecule has 0 bridgehead atoms. The van der Waals surface area contributed by atoms with E-state index >= 15 is 0 Å². The van der Waals surface area contributed by atoms with Gasteiger partial charge in [-0.2, -0.15) is 0 Å². The molecule has 0 aromatic heterocycles. The molecule has 0 N–H and O–H groups in total. The van der Waals surface area contributed by atoms with Crippen LogP contribution < -0.4 is 4.90 Å². The minimum absolute atomic E-state index is 0.0388. The number of benzene rings is 3. The van der Waals surface area contributed by atoms with Crippen LogP contribution in [0.15, 0.2) is 76.5 Å². The molecule has 2 heterocycles. The molecule has 3 aromatic carbocycles. The van der Waals surface area contributed by atoms with Crippen molar-refractivity contribution >= 4 is 41.3 Å². The lowest BCUT2D eigenvalue weighted by molar-refractivity contribution is -0.149. The lowest BCUT2D eigenvalue weighted by Crippen LogP contribution is -2.42. The molecule has 206 valence electrons. The van der Waals surface area contributed by atoms with Crippen LogP contribution in [0.4, 0.5) is 5.69 Å². The smallest absolute Gasteiger partial charge is 0.310 e. The number of piperidine rings is 1. The fourth-order valence-corrected chi connectivity index (χ4v) is 6.29. The van der Waals surface area contributed by atoms with E-state index in [9.17, 15) is 14.4 Å². The summed E-state index contributed by atoms with van der Waals surface area (Å²) in [5, 5.41) is 0. The fourth-order valence-electron chi connectivity index (χ4n) is 5.23. The molecular weight excluding hydrogens is 520 g/mol. The van der Waals surface area contributed by atoms with Crippen LogP contribution in [0, 0.1) is 19.8 Å². The van der Waals surface area contributed by atoms with Crippen molar-refractivity contribution in [3.8, 4) is 0 Å². The molecular formula is C33H34N2O4S. The van der Waals surface area contributed by atoms with Gasteiger partial charge in [0.1, 0.15) is 0 Å². The Labute approximate surface area is 240 Å². The van der Waals surface area contributed by atoms with E-state index in [0.717, 1.165) is 40.1 Å². The number of fused-ring (bicyclic) bond motifs is 1. The Morgan fingerprint density at radius 3 is 2.60 bits per heavy atom. The first-order valence-electron chi connectivity index (χ1n) is 13.8. The summed E-state index contributed by atoms with van der Waals surface area (Å²) in [5.74, 6) is -0.636. The van der Waals surface area contributed by atoms with E-state index in [1.165, 1.54) is 17.3 Å². The topological polar surface area (TPSA) is 66.9 Å². The van der Waals surface area contributed by atoms with Gasteiger partial charge in [-0.15, -0.1) is 0 Å². The van der Waals surface area contributed by atoms with Gasteiger partial charge in [0, 0.05) is 23.5 Å². The predicted octanol–water partition coefficient (Wildman–Crippen LogP) is 6.40. The zero-order chi connectivity index (χ0) is 28.2. The van der Waals surface area contributed by atoms with Crippen LogP contribution in [0.2, 0.25) is 0 Å². The number of rotatable bonds is 6. The van der Waals surface area contributed by atoms with Crippen LogP contribution >= 0.6 is 11.8 Å². The molecule has 40 heavy (non-hydrogen) atoms. The van der Waals surface area contributed by atoms with Gasteiger partial charge in [0.2, 0.25) is 0 Å². The number of esters is 1. The van der Waals surface area contributed by atoms with Crippen molar-refractivity contribution in [2.75, 3.05) is 24.6 Å². The Hall–Kier alpha value is -3.84. The standard InChI is InChI=1S/C33H34N2O4S/c1-4-39-33(38)26-8-7-17-34(20-26)31(36)25-15-13-24(14-16-25)19-30-32(37)35(28-9-5-6-10-29(28)40-30)21-27-18-22(2)11-12-23(27)3/h5-6,9-16,18-19,26H,4,7-8,17,20-21H2,1-3H3/b30-19-/t26-/m1/s1. The van der Waals surface area contributed by atoms with Crippen molar-refractivity contribution in [2.45, 2.75) is 45.1 Å². The van der Waals surface area contributed by atoms with Crippen molar-refractivity contribution < 1.29 is 19.1 Å². The molecule has 1 saturated heterocycles. The number of carbonyl (C=O) groups is 3. The first-order chi connectivity index (χ1) is 19.3. The highest BCUT2D eigenvalue weighted by molar-refractivity contribution is 8.04. The maximum Gasteiger partial charge on any atom is 0.310 e. The van der Waals surface area contributed by atoms with Gasteiger partial charge >= 0.3 is 5.97 Å². The first-order valence-corrected chi connectivity index (χ1v) is 14.6. The van der Waals surface area contributed by atoms with Crippen molar-refractivity contribution in [3.05, 3.63) is 99.5 Å². The summed E-state index contributed by atoms with van der Waals surface area (Å²) in [7, 11) is 0. The number of aryl methyl sites for hydroxylation is 2. The van der Waals surface area contributed by atoms with E-state index < -0.39 is 0 Å². The molecule has 2 aliphatic heterocycles. The third-order valence-corrected chi connectivity index (χ3v) is 8.53. The van der Waals surface area contributed by atoms with Crippen LogP contribution in [0.1, 0.15) is 52.4 Å². The lowest BCUT2D eigenvalue weighted by Gasteiger charge is -2.31. The molecule has 2 aliphatic rings. The Bertz CT molecular complexity index is 1460. The summed E-state index contributed by atoms with van der Waals surface area (Å²) in [6.07, 6.45) is 3.41. The van der Waals surface area contributed by atoms with Crippen LogP contribution in [0.5, 0.6) is 0 Å². The SMILES string of the molecule is CCOC(=O)[C@@H]1CCCN(C(=O)c2ccc(/C=C3\Sc4ccccc4N(Cc4cc(C)ccc4C)C3=O)cc2)C1. The van der Waals surface area contributed by atoms with Gasteiger partial charge in [0.15, 0.2) is 0 Å². The van der Waals surface area contributed by atoms with E-state index in [-0.39, 0.29) is 23.7 Å². The number of carbonyl (C=O) groups excluding carboxylic acids is 3. The molecule has 2 amide bonds. The van der Waals surface area contributed by atoms with E-state index in [4.69, 9.17) is 4.74 Å². The van der Waals surface area contributed by atoms with Crippen LogP contribution in [-0.4, -0.2) is 42.4 Å². The van der Waals surface area contributed by atoms with Gasteiger partial charge in [0.25, 0.3) is 11.8 Å². The largest absolute Gasteiger partial charge is 0.466 e. The number of likely N-dealkylation sites (tertiary alicyclic amines) is 1. The van der Waals surface area contributed by atoms with Gasteiger partial charge in [-0.25, -0.2) is 0 Å². The van der Waals surface area contributed by atoms with Crippen molar-refractivity contribution in [1.29, 1.82) is 0 Å². The van der Waals surface area contributed by atoms with Gasteiger partial charge in [-0.05, 0) is 80.6 Å². The fraction of sp³-hybridized carbons (Fsp3) is 0.303. The molecule has 0 aliphatic carbocycles. The number of nitrogens with zero attached hydrogens (tertiary/aromatic N) is 2. The summed E-state index contributed by atoms with van der Waals surface area (Å²) in [6, 6.07) is 21.6. The third kappa shape index (κ3) is 5.99. The molecule has 3 aromatic rings. The van der Waals surface area contributed by atoms with E-state index in [2.05, 4.69) is 32.0 Å². The third-order valence-electron chi connectivity index (χ3n) is 7.45. The summed E-state index contributed by atoms with van der Waals surface area (Å²) in [4.78, 5) is 44.4. The van der Waals surface area contributed by atoms with E-state index in [0.29, 0.717) is 36.7 Å². The molecule has 5 rings (SSSR count). The van der Waals surface area contributed by atoms with E-state index in [1.54, 1.807) is 24.0 Å². The van der Waals surface area contributed by atoms with E-state index in [1.807, 2.05) is 47.4 Å². The number of hydrogen-bond acceptors (Lipinski definition) is 5. The highest BCUT2D eigenvalue weighted by atomic mass is 32.2. The zero-order valence-corrected chi connectivity index (χ0v) is 24.0. The van der Waals surface area contributed by atoms with Gasteiger partial charge in [0.05, 0.1) is 29.7 Å². The number of amides is 2. The Morgan fingerprint density at radius 1 is 1.05 bits per heavy atom. The maximum atomic E-state index is 13.7. The van der Waals surface area contributed by atoms with Crippen LogP contribution in [-0.2, 0) is 20.9 Å². The molecule has 0 unspecified atom stereocenters. The second kappa shape index (κ2) is 12.1. The summed E-state index contributed by atoms with van der Waals surface area (Å²) < 4.78 is 5.17. The first kappa shape index (κ1) is 27.7. The van der Waals surface area contributed by atoms with Gasteiger partial charge in [-0.3, -0.25) is 14.4 Å². The number of anilines is 1. The summed E-state index contributed by atoms with van der Waals surface area (Å²) in [6.45, 7) is 7.78. The number of thioether (sulfide) groups is 1. The van der Waals surface area contributed by atoms with Crippen LogP contribution in [0.3, 0.4) is 0 Å². The van der Waals surface area contributed by atoms with Crippen molar-refractivity contribution in [3.63, 3.8) is 0 Å². The Balaban J connectivity index is 1.35. The second-order valence-corrected chi connectivity index (χ2v) is 11.4. The number of hydrogen-bond donors (Lipinski definition) is 0. The number of para-hydroxylation sites is 1. The molecule has 6 nitrogen and oxygen atoms in total. The highest BCUT2D eigenvalue weighted by Gasteiger charge is 2.31. The lowest BCUT2D eigenvalue weighted by atomic mass is 9.97. The van der Waals surface area contributed by atoms with Gasteiger partial charge in [-0.1, -0.05) is 59.8 Å². The Morgan fingerprint density at radius 2 is 1.82 bits per heavy atom. The summed E-state index contributed by atoms with van der Waals surface area (Å²) >= 11 is 1.47. The average molecular weight is 555 g/mol. The molecule has 7 heteroatoms. The molecule has 0 spiro atoms. The molecule has 1 fully saturated rings. The monoisotopic (exact) mass is 554 g/mol. The highest BCUT2D eigenvalue weighted by Crippen LogP contribution is 2.42. The summed E-state index contributed by atoms with van der Waals surface area (Å²) in [5.41, 5.74) is 5.78. The molecule has 1 atom stereocenters. The zero-order valence-electron chi connectivity index (χ0n) is 23.2.